The summed E-state index contributed by atoms with van der Waals surface area (Å²) in [5, 5.41) is 0. The molecule has 1 aromatic carbocycles. The van der Waals surface area contributed by atoms with E-state index in [-0.39, 0.29) is 17.9 Å². The number of hydrogen-bond donors (Lipinski definition) is 0. The number of ether oxygens (including phenoxy) is 3. The number of esters is 1. The summed E-state index contributed by atoms with van der Waals surface area (Å²) >= 11 is 0. The molecule has 0 amide bonds. The largest absolute Gasteiger partial charge is 0.493 e. The predicted octanol–water partition coefficient (Wildman–Crippen LogP) is 3.84. The summed E-state index contributed by atoms with van der Waals surface area (Å²) < 4.78 is 16.3. The van der Waals surface area contributed by atoms with Crippen molar-refractivity contribution in [3.63, 3.8) is 0 Å². The Bertz CT molecular complexity index is 852. The lowest BCUT2D eigenvalue weighted by molar-refractivity contribution is -0.150. The number of aliphatic imine (C=N–C) groups is 1. The Morgan fingerprint density at radius 3 is 2.50 bits per heavy atom. The van der Waals surface area contributed by atoms with E-state index in [2.05, 4.69) is 4.99 Å². The zero-order valence-corrected chi connectivity index (χ0v) is 17.1. The van der Waals surface area contributed by atoms with Gasteiger partial charge in [0.2, 0.25) is 0 Å². The van der Waals surface area contributed by atoms with E-state index in [4.69, 9.17) is 14.2 Å². The van der Waals surface area contributed by atoms with Crippen LogP contribution in [0.3, 0.4) is 0 Å². The van der Waals surface area contributed by atoms with Crippen LogP contribution in [0.1, 0.15) is 51.5 Å². The van der Waals surface area contributed by atoms with Gasteiger partial charge in [-0.1, -0.05) is 6.07 Å². The van der Waals surface area contributed by atoms with Crippen molar-refractivity contribution in [2.24, 2.45) is 10.9 Å². The van der Waals surface area contributed by atoms with E-state index in [1.165, 1.54) is 0 Å². The molecule has 28 heavy (non-hydrogen) atoms. The van der Waals surface area contributed by atoms with Crippen molar-refractivity contribution in [2.75, 3.05) is 14.2 Å². The van der Waals surface area contributed by atoms with Gasteiger partial charge in [-0.3, -0.25) is 14.6 Å². The molecule has 1 heterocycles. The standard InChI is InChI=1S/C22H27NO5/c1-12(2)28-22(25)19-13(3)23-15-7-6-8-16(24)21(15)20(19)14-9-10-17(26-4)18(11-14)27-5/h9-12,19-20H,6-8H2,1-5H3/t19?,20-/m1/s1. The molecule has 6 nitrogen and oxygen atoms in total. The first-order valence-corrected chi connectivity index (χ1v) is 9.61. The van der Waals surface area contributed by atoms with Gasteiger partial charge in [-0.05, 0) is 51.3 Å². The van der Waals surface area contributed by atoms with Crippen LogP contribution in [0, 0.1) is 5.92 Å². The van der Waals surface area contributed by atoms with Crippen LogP contribution in [0.4, 0.5) is 0 Å². The average Bonchev–Trinajstić information content (AvgIpc) is 2.65. The summed E-state index contributed by atoms with van der Waals surface area (Å²) in [6.07, 6.45) is 1.76. The number of hydrogen-bond acceptors (Lipinski definition) is 6. The lowest BCUT2D eigenvalue weighted by Crippen LogP contribution is -2.38. The Hall–Kier alpha value is -2.63. The van der Waals surface area contributed by atoms with Gasteiger partial charge in [-0.2, -0.15) is 0 Å². The molecule has 1 aromatic rings. The Morgan fingerprint density at radius 2 is 1.86 bits per heavy atom. The van der Waals surface area contributed by atoms with Crippen LogP contribution in [0.2, 0.25) is 0 Å². The Labute approximate surface area is 165 Å². The highest BCUT2D eigenvalue weighted by molar-refractivity contribution is 6.08. The molecule has 6 heteroatoms. The average molecular weight is 385 g/mol. The normalized spacial score (nSPS) is 21.9. The fourth-order valence-electron chi connectivity index (χ4n) is 4.02. The number of benzene rings is 1. The zero-order chi connectivity index (χ0) is 20.4. The maximum atomic E-state index is 13.0. The lowest BCUT2D eigenvalue weighted by Gasteiger charge is -2.35. The molecular formula is C22H27NO5. The predicted molar refractivity (Wildman–Crippen MR) is 106 cm³/mol. The summed E-state index contributed by atoms with van der Waals surface area (Å²) in [4.78, 5) is 30.5. The van der Waals surface area contributed by atoms with Crippen LogP contribution in [0.15, 0.2) is 34.5 Å². The zero-order valence-electron chi connectivity index (χ0n) is 17.1. The van der Waals surface area contributed by atoms with Crippen molar-refractivity contribution in [1.82, 2.24) is 0 Å². The number of methoxy groups -OCH3 is 2. The SMILES string of the molecule is COc1ccc([C@H]2C3=C(CCCC3=O)N=C(C)C2C(=O)OC(C)C)cc1OC. The van der Waals surface area contributed by atoms with Crippen molar-refractivity contribution in [1.29, 1.82) is 0 Å². The minimum Gasteiger partial charge on any atom is -0.493 e. The molecule has 0 bridgehead atoms. The van der Waals surface area contributed by atoms with Gasteiger partial charge in [-0.15, -0.1) is 0 Å². The van der Waals surface area contributed by atoms with Crippen molar-refractivity contribution in [3.8, 4) is 11.5 Å². The third-order valence-electron chi connectivity index (χ3n) is 5.21. The van der Waals surface area contributed by atoms with Crippen LogP contribution >= 0.6 is 0 Å². The quantitative estimate of drug-likeness (QED) is 0.720. The fraction of sp³-hybridized carbons (Fsp3) is 0.500. The van der Waals surface area contributed by atoms with Gasteiger partial charge < -0.3 is 14.2 Å². The fourth-order valence-corrected chi connectivity index (χ4v) is 4.02. The lowest BCUT2D eigenvalue weighted by atomic mass is 9.71. The maximum absolute atomic E-state index is 13.0. The third-order valence-corrected chi connectivity index (χ3v) is 5.21. The van der Waals surface area contributed by atoms with E-state index in [1.807, 2.05) is 32.9 Å². The minimum atomic E-state index is -0.638. The third kappa shape index (κ3) is 3.68. The Morgan fingerprint density at radius 1 is 1.14 bits per heavy atom. The van der Waals surface area contributed by atoms with E-state index in [9.17, 15) is 9.59 Å². The summed E-state index contributed by atoms with van der Waals surface area (Å²) in [6, 6.07) is 5.52. The van der Waals surface area contributed by atoms with Gasteiger partial charge in [-0.25, -0.2) is 0 Å². The molecule has 1 aliphatic carbocycles. The Kier molecular flexibility index (Phi) is 5.87. The maximum Gasteiger partial charge on any atom is 0.315 e. The van der Waals surface area contributed by atoms with Gasteiger partial charge >= 0.3 is 5.97 Å². The molecule has 0 saturated carbocycles. The molecule has 2 atom stereocenters. The number of allylic oxidation sites excluding steroid dienone is 2. The molecule has 0 spiro atoms. The van der Waals surface area contributed by atoms with E-state index in [0.717, 1.165) is 24.1 Å². The minimum absolute atomic E-state index is 0.0552. The number of ketones is 1. The first kappa shape index (κ1) is 20.1. The summed E-state index contributed by atoms with van der Waals surface area (Å²) in [6.45, 7) is 5.47. The number of rotatable bonds is 5. The number of nitrogens with zero attached hydrogens (tertiary/aromatic N) is 1. The number of carbonyl (C=O) groups excluding carboxylic acids is 2. The first-order valence-electron chi connectivity index (χ1n) is 9.61. The van der Waals surface area contributed by atoms with Crippen LogP contribution < -0.4 is 9.47 Å². The van der Waals surface area contributed by atoms with E-state index in [1.54, 1.807) is 20.3 Å². The molecule has 1 aliphatic heterocycles. The van der Waals surface area contributed by atoms with Gasteiger partial charge in [0, 0.05) is 29.3 Å². The molecule has 3 rings (SSSR count). The van der Waals surface area contributed by atoms with Crippen molar-refractivity contribution < 1.29 is 23.8 Å². The molecule has 150 valence electrons. The highest BCUT2D eigenvalue weighted by atomic mass is 16.5. The van der Waals surface area contributed by atoms with E-state index >= 15 is 0 Å². The van der Waals surface area contributed by atoms with E-state index in [0.29, 0.717) is 29.2 Å². The summed E-state index contributed by atoms with van der Waals surface area (Å²) in [5.74, 6) is -0.229. The van der Waals surface area contributed by atoms with Gasteiger partial charge in [0.15, 0.2) is 17.3 Å². The van der Waals surface area contributed by atoms with Crippen LogP contribution in [0.5, 0.6) is 11.5 Å². The second kappa shape index (κ2) is 8.17. The van der Waals surface area contributed by atoms with Crippen molar-refractivity contribution >= 4 is 17.5 Å². The molecule has 0 N–H and O–H groups in total. The topological polar surface area (TPSA) is 74.2 Å². The van der Waals surface area contributed by atoms with Crippen LogP contribution in [-0.2, 0) is 14.3 Å². The number of carbonyl (C=O) groups is 2. The molecule has 0 radical (unpaired) electrons. The van der Waals surface area contributed by atoms with Crippen LogP contribution in [0.25, 0.3) is 0 Å². The van der Waals surface area contributed by atoms with E-state index < -0.39 is 11.8 Å². The summed E-state index contributed by atoms with van der Waals surface area (Å²) in [7, 11) is 3.14. The molecular weight excluding hydrogens is 358 g/mol. The van der Waals surface area contributed by atoms with Gasteiger partial charge in [0.1, 0.15) is 5.92 Å². The van der Waals surface area contributed by atoms with Crippen LogP contribution in [-0.4, -0.2) is 37.8 Å². The molecule has 0 fully saturated rings. The smallest absolute Gasteiger partial charge is 0.315 e. The second-order valence-electron chi connectivity index (χ2n) is 7.45. The molecule has 0 saturated heterocycles. The molecule has 0 aromatic heterocycles. The highest BCUT2D eigenvalue weighted by Crippen LogP contribution is 2.45. The number of Topliss-reactive ketones (excluding diaryl/α,β-unsaturated/α-hetero) is 1. The summed E-state index contributed by atoms with van der Waals surface area (Å²) in [5.41, 5.74) is 2.93. The first-order chi connectivity index (χ1) is 13.4. The Balaban J connectivity index is 2.15. The van der Waals surface area contributed by atoms with Crippen molar-refractivity contribution in [3.05, 3.63) is 35.0 Å². The van der Waals surface area contributed by atoms with Gasteiger partial charge in [0.25, 0.3) is 0 Å². The monoisotopic (exact) mass is 385 g/mol. The highest BCUT2D eigenvalue weighted by Gasteiger charge is 2.43. The molecule has 1 unspecified atom stereocenters. The van der Waals surface area contributed by atoms with Crippen molar-refractivity contribution in [2.45, 2.75) is 52.1 Å². The second-order valence-corrected chi connectivity index (χ2v) is 7.45. The van der Waals surface area contributed by atoms with Gasteiger partial charge in [0.05, 0.1) is 20.3 Å². The molecule has 2 aliphatic rings.